The Kier molecular flexibility index (Phi) is 3.11. The Bertz CT molecular complexity index is 641. The molecule has 3 heterocycles. The van der Waals surface area contributed by atoms with Crippen LogP contribution >= 0.6 is 0 Å². The third-order valence-corrected chi connectivity index (χ3v) is 6.60. The zero-order valence-corrected chi connectivity index (χ0v) is 12.6. The Morgan fingerprint density at radius 3 is 2.48 bits per heavy atom. The van der Waals surface area contributed by atoms with Gasteiger partial charge in [-0.3, -0.25) is 4.90 Å². The number of ether oxygens (including phenoxy) is 2. The summed E-state index contributed by atoms with van der Waals surface area (Å²) in [6, 6.07) is 7.35. The van der Waals surface area contributed by atoms with Crippen LogP contribution in [0.1, 0.15) is 24.4 Å². The lowest BCUT2D eigenvalue weighted by molar-refractivity contribution is -0.187. The van der Waals surface area contributed by atoms with Crippen LogP contribution in [-0.4, -0.2) is 51.2 Å². The fraction of sp³-hybridized carbons (Fsp3) is 0.600. The van der Waals surface area contributed by atoms with E-state index in [-0.39, 0.29) is 11.8 Å². The van der Waals surface area contributed by atoms with Gasteiger partial charge in [0.2, 0.25) is 0 Å². The van der Waals surface area contributed by atoms with Crippen molar-refractivity contribution in [1.29, 1.82) is 0 Å². The molecule has 0 aliphatic carbocycles. The zero-order chi connectivity index (χ0) is 14.5. The van der Waals surface area contributed by atoms with Crippen molar-refractivity contribution >= 4 is 9.84 Å². The monoisotopic (exact) mass is 309 g/mol. The van der Waals surface area contributed by atoms with Gasteiger partial charge in [0.1, 0.15) is 0 Å². The zero-order valence-electron chi connectivity index (χ0n) is 11.8. The summed E-state index contributed by atoms with van der Waals surface area (Å²) >= 11 is 0. The first-order valence-electron chi connectivity index (χ1n) is 7.43. The van der Waals surface area contributed by atoms with Crippen LogP contribution in [0.15, 0.2) is 29.2 Å². The Morgan fingerprint density at radius 1 is 1.10 bits per heavy atom. The van der Waals surface area contributed by atoms with Crippen molar-refractivity contribution in [3.05, 3.63) is 29.8 Å². The van der Waals surface area contributed by atoms with Gasteiger partial charge < -0.3 is 9.47 Å². The molecule has 0 N–H and O–H groups in total. The summed E-state index contributed by atoms with van der Waals surface area (Å²) in [6.45, 7) is 2.96. The number of nitrogens with zero attached hydrogens (tertiary/aromatic N) is 1. The van der Waals surface area contributed by atoms with Gasteiger partial charge in [0.15, 0.2) is 15.6 Å². The first-order chi connectivity index (χ1) is 10.1. The number of hydrogen-bond acceptors (Lipinski definition) is 5. The second kappa shape index (κ2) is 4.78. The topological polar surface area (TPSA) is 55.8 Å². The standard InChI is InChI=1S/C15H19NO4S/c17-21(18)11-13(12-3-1-2-4-14(12)21)16-7-5-15(6-8-16)19-9-10-20-15/h1-4,13H,5-11H2/t13-/m1/s1. The molecule has 0 unspecified atom stereocenters. The van der Waals surface area contributed by atoms with Gasteiger partial charge in [-0.15, -0.1) is 0 Å². The van der Waals surface area contributed by atoms with Gasteiger partial charge in [-0.2, -0.15) is 0 Å². The Labute approximate surface area is 124 Å². The minimum absolute atomic E-state index is 0.0232. The molecular weight excluding hydrogens is 290 g/mol. The normalized spacial score (nSPS) is 30.6. The van der Waals surface area contributed by atoms with E-state index in [0.29, 0.717) is 18.1 Å². The number of likely N-dealkylation sites (tertiary alicyclic amines) is 1. The van der Waals surface area contributed by atoms with Crippen LogP contribution in [0.2, 0.25) is 0 Å². The number of hydrogen-bond donors (Lipinski definition) is 0. The first kappa shape index (κ1) is 13.7. The third-order valence-electron chi connectivity index (χ3n) is 4.80. The van der Waals surface area contributed by atoms with Crippen LogP contribution in [0.4, 0.5) is 0 Å². The predicted molar refractivity (Wildman–Crippen MR) is 76.7 cm³/mol. The molecule has 0 bridgehead atoms. The van der Waals surface area contributed by atoms with E-state index in [1.807, 2.05) is 12.1 Å². The highest BCUT2D eigenvalue weighted by Crippen LogP contribution is 2.40. The number of benzene rings is 1. The van der Waals surface area contributed by atoms with Crippen LogP contribution in [-0.2, 0) is 19.3 Å². The lowest BCUT2D eigenvalue weighted by Gasteiger charge is -2.40. The molecule has 2 saturated heterocycles. The Hall–Kier alpha value is -0.950. The second-order valence-corrected chi connectivity index (χ2v) is 7.98. The molecule has 6 heteroatoms. The molecule has 1 aromatic carbocycles. The van der Waals surface area contributed by atoms with Crippen molar-refractivity contribution in [2.75, 3.05) is 32.1 Å². The molecule has 1 spiro atoms. The van der Waals surface area contributed by atoms with Gasteiger partial charge in [0.05, 0.1) is 29.9 Å². The molecule has 114 valence electrons. The molecule has 5 nitrogen and oxygen atoms in total. The van der Waals surface area contributed by atoms with Crippen LogP contribution in [0, 0.1) is 0 Å². The van der Waals surface area contributed by atoms with Crippen molar-refractivity contribution < 1.29 is 17.9 Å². The molecule has 4 rings (SSSR count). The number of fused-ring (bicyclic) bond motifs is 1. The van der Waals surface area contributed by atoms with Gasteiger partial charge >= 0.3 is 0 Å². The fourth-order valence-corrected chi connectivity index (χ4v) is 5.53. The summed E-state index contributed by atoms with van der Waals surface area (Å²) in [6.07, 6.45) is 1.62. The van der Waals surface area contributed by atoms with Crippen molar-refractivity contribution in [2.24, 2.45) is 0 Å². The van der Waals surface area contributed by atoms with Gasteiger partial charge in [0, 0.05) is 25.9 Å². The number of piperidine rings is 1. The van der Waals surface area contributed by atoms with Crippen LogP contribution < -0.4 is 0 Å². The van der Waals surface area contributed by atoms with E-state index in [1.165, 1.54) is 0 Å². The summed E-state index contributed by atoms with van der Waals surface area (Å²) in [4.78, 5) is 2.77. The molecule has 1 aromatic rings. The molecule has 1 atom stereocenters. The van der Waals surface area contributed by atoms with Gasteiger partial charge in [0.25, 0.3) is 0 Å². The minimum Gasteiger partial charge on any atom is -0.347 e. The molecule has 3 aliphatic rings. The van der Waals surface area contributed by atoms with Gasteiger partial charge in [-0.25, -0.2) is 8.42 Å². The molecule has 3 aliphatic heterocycles. The molecule has 21 heavy (non-hydrogen) atoms. The second-order valence-electron chi connectivity index (χ2n) is 5.98. The maximum absolute atomic E-state index is 12.3. The summed E-state index contributed by atoms with van der Waals surface area (Å²) in [5, 5.41) is 0. The molecular formula is C15H19NO4S. The molecule has 2 fully saturated rings. The third kappa shape index (κ3) is 2.21. The average Bonchev–Trinajstić information content (AvgIpc) is 3.04. The summed E-state index contributed by atoms with van der Waals surface area (Å²) in [5.41, 5.74) is 0.946. The van der Waals surface area contributed by atoms with E-state index in [2.05, 4.69) is 4.90 Å². The van der Waals surface area contributed by atoms with E-state index in [0.717, 1.165) is 31.5 Å². The predicted octanol–water partition coefficient (Wildman–Crippen LogP) is 1.35. The quantitative estimate of drug-likeness (QED) is 0.784. The smallest absolute Gasteiger partial charge is 0.180 e. The molecule has 0 amide bonds. The molecule has 0 radical (unpaired) electrons. The SMILES string of the molecule is O=S1(=O)C[C@@H](N2CCC3(CC2)OCCO3)c2ccccc21. The van der Waals surface area contributed by atoms with E-state index >= 15 is 0 Å². The Balaban J connectivity index is 1.56. The van der Waals surface area contributed by atoms with Gasteiger partial charge in [-0.05, 0) is 11.6 Å². The van der Waals surface area contributed by atoms with Gasteiger partial charge in [-0.1, -0.05) is 18.2 Å². The maximum Gasteiger partial charge on any atom is 0.180 e. The summed E-state index contributed by atoms with van der Waals surface area (Å²) in [5.74, 6) is -0.214. The largest absolute Gasteiger partial charge is 0.347 e. The van der Waals surface area contributed by atoms with Crippen LogP contribution in [0.5, 0.6) is 0 Å². The highest BCUT2D eigenvalue weighted by Gasteiger charge is 2.44. The van der Waals surface area contributed by atoms with Crippen molar-refractivity contribution in [3.63, 3.8) is 0 Å². The van der Waals surface area contributed by atoms with Crippen molar-refractivity contribution in [1.82, 2.24) is 4.90 Å². The first-order valence-corrected chi connectivity index (χ1v) is 9.09. The summed E-state index contributed by atoms with van der Waals surface area (Å²) in [7, 11) is -3.14. The highest BCUT2D eigenvalue weighted by molar-refractivity contribution is 7.91. The maximum atomic E-state index is 12.3. The lowest BCUT2D eigenvalue weighted by atomic mass is 9.99. The van der Waals surface area contributed by atoms with E-state index in [1.54, 1.807) is 12.1 Å². The molecule has 0 saturated carbocycles. The number of rotatable bonds is 1. The lowest BCUT2D eigenvalue weighted by Crippen LogP contribution is -2.46. The Morgan fingerprint density at radius 2 is 1.76 bits per heavy atom. The van der Waals surface area contributed by atoms with E-state index in [9.17, 15) is 8.42 Å². The fourth-order valence-electron chi connectivity index (χ4n) is 3.69. The van der Waals surface area contributed by atoms with Crippen molar-refractivity contribution in [3.8, 4) is 0 Å². The van der Waals surface area contributed by atoms with Crippen LogP contribution in [0.25, 0.3) is 0 Å². The van der Waals surface area contributed by atoms with E-state index in [4.69, 9.17) is 9.47 Å². The molecule has 0 aromatic heterocycles. The average molecular weight is 309 g/mol. The summed E-state index contributed by atoms with van der Waals surface area (Å²) < 4.78 is 36.0. The van der Waals surface area contributed by atoms with E-state index < -0.39 is 15.6 Å². The number of sulfone groups is 1. The van der Waals surface area contributed by atoms with Crippen molar-refractivity contribution in [2.45, 2.75) is 29.6 Å². The minimum atomic E-state index is -3.14. The highest BCUT2D eigenvalue weighted by atomic mass is 32.2. The van der Waals surface area contributed by atoms with Crippen LogP contribution in [0.3, 0.4) is 0 Å².